The lowest BCUT2D eigenvalue weighted by atomic mass is 9.72. The Labute approximate surface area is 115 Å². The molecule has 0 fully saturated rings. The molecule has 0 heterocycles. The van der Waals surface area contributed by atoms with Crippen LogP contribution in [0.3, 0.4) is 0 Å². The summed E-state index contributed by atoms with van der Waals surface area (Å²) in [7, 11) is -1.63. The van der Waals surface area contributed by atoms with Crippen LogP contribution in [0.2, 0.25) is 18.1 Å². The van der Waals surface area contributed by atoms with Gasteiger partial charge in [0.1, 0.15) is 0 Å². The van der Waals surface area contributed by atoms with Crippen molar-refractivity contribution in [3.63, 3.8) is 0 Å². The summed E-state index contributed by atoms with van der Waals surface area (Å²) in [6.45, 7) is 21.0. The minimum Gasteiger partial charge on any atom is -0.414 e. The van der Waals surface area contributed by atoms with Crippen LogP contribution in [0, 0.1) is 5.41 Å². The van der Waals surface area contributed by atoms with Crippen molar-refractivity contribution in [1.82, 2.24) is 0 Å². The highest BCUT2D eigenvalue weighted by Gasteiger charge is 2.41. The van der Waals surface area contributed by atoms with E-state index in [9.17, 15) is 0 Å². The van der Waals surface area contributed by atoms with Gasteiger partial charge in [-0.25, -0.2) is 0 Å². The van der Waals surface area contributed by atoms with Gasteiger partial charge in [0.2, 0.25) is 0 Å². The minimum absolute atomic E-state index is 0.301. The largest absolute Gasteiger partial charge is 0.414 e. The van der Waals surface area contributed by atoms with Crippen LogP contribution in [0.4, 0.5) is 0 Å². The lowest BCUT2D eigenvalue weighted by molar-refractivity contribution is 0.122. The molecule has 1 atom stereocenters. The molecule has 0 aromatic carbocycles. The maximum atomic E-state index is 6.60. The molecule has 0 radical (unpaired) electrons. The lowest BCUT2D eigenvalue weighted by Gasteiger charge is -2.44. The Bertz CT molecular complexity index is 345. The Balaban J connectivity index is 2.85. The minimum atomic E-state index is -1.63. The Morgan fingerprint density at radius 1 is 1.17 bits per heavy atom. The first-order chi connectivity index (χ1) is 7.87. The molecule has 18 heavy (non-hydrogen) atoms. The summed E-state index contributed by atoms with van der Waals surface area (Å²) in [5, 5.41) is 0.307. The van der Waals surface area contributed by atoms with Gasteiger partial charge in [-0.1, -0.05) is 45.8 Å². The highest BCUT2D eigenvalue weighted by Crippen LogP contribution is 2.44. The first kappa shape index (κ1) is 16.0. The maximum Gasteiger partial charge on any atom is 0.192 e. The molecule has 0 aromatic rings. The molecule has 106 valence electrons. The molecule has 0 saturated heterocycles. The van der Waals surface area contributed by atoms with E-state index < -0.39 is 8.32 Å². The molecule has 0 spiro atoms. The van der Waals surface area contributed by atoms with Gasteiger partial charge in [-0.3, -0.25) is 0 Å². The molecule has 0 bridgehead atoms. The Kier molecular flexibility index (Phi) is 4.25. The van der Waals surface area contributed by atoms with E-state index in [0.717, 1.165) is 6.42 Å². The Morgan fingerprint density at radius 2 is 1.67 bits per heavy atom. The van der Waals surface area contributed by atoms with E-state index in [1.807, 2.05) is 0 Å². The van der Waals surface area contributed by atoms with Crippen molar-refractivity contribution in [1.29, 1.82) is 0 Å². The molecular weight excluding hydrogens is 236 g/mol. The standard InChI is InChI=1S/C16H32OSi/c1-12-10-14(11-16(6,7)13(12)2)17-18(8,9)15(3,4)5/h14H,10-11H2,1-9H3/t14-/m0/s1. The van der Waals surface area contributed by atoms with Crippen LogP contribution in [-0.4, -0.2) is 14.4 Å². The van der Waals surface area contributed by atoms with Gasteiger partial charge in [-0.05, 0) is 50.2 Å². The second-order valence-corrected chi connectivity index (χ2v) is 13.0. The van der Waals surface area contributed by atoms with Crippen molar-refractivity contribution >= 4 is 8.32 Å². The van der Waals surface area contributed by atoms with E-state index in [1.165, 1.54) is 12.0 Å². The number of hydrogen-bond acceptors (Lipinski definition) is 1. The summed E-state index contributed by atoms with van der Waals surface area (Å²) in [6.07, 6.45) is 2.72. The third kappa shape index (κ3) is 3.27. The summed E-state index contributed by atoms with van der Waals surface area (Å²) in [4.78, 5) is 0. The average molecular weight is 269 g/mol. The first-order valence-corrected chi connectivity index (χ1v) is 10.1. The van der Waals surface area contributed by atoms with Gasteiger partial charge in [-0.15, -0.1) is 0 Å². The van der Waals surface area contributed by atoms with Crippen molar-refractivity contribution in [3.8, 4) is 0 Å². The Morgan fingerprint density at radius 3 is 2.06 bits per heavy atom. The number of rotatable bonds is 2. The van der Waals surface area contributed by atoms with Crippen molar-refractivity contribution in [2.24, 2.45) is 5.41 Å². The Hall–Kier alpha value is -0.0831. The second kappa shape index (κ2) is 4.79. The molecule has 0 N–H and O–H groups in total. The van der Waals surface area contributed by atoms with Gasteiger partial charge in [0, 0.05) is 6.10 Å². The summed E-state index contributed by atoms with van der Waals surface area (Å²) >= 11 is 0. The highest BCUT2D eigenvalue weighted by molar-refractivity contribution is 6.74. The predicted octanol–water partition coefficient (Wildman–Crippen LogP) is 5.53. The van der Waals surface area contributed by atoms with Gasteiger partial charge >= 0.3 is 0 Å². The molecule has 0 aliphatic heterocycles. The van der Waals surface area contributed by atoms with E-state index in [-0.39, 0.29) is 0 Å². The van der Waals surface area contributed by atoms with Gasteiger partial charge in [0.05, 0.1) is 0 Å². The monoisotopic (exact) mass is 268 g/mol. The van der Waals surface area contributed by atoms with E-state index >= 15 is 0 Å². The smallest absolute Gasteiger partial charge is 0.192 e. The normalized spacial score (nSPS) is 25.5. The highest BCUT2D eigenvalue weighted by atomic mass is 28.4. The zero-order valence-electron chi connectivity index (χ0n) is 13.9. The summed E-state index contributed by atoms with van der Waals surface area (Å²) in [5.74, 6) is 0. The molecule has 2 heteroatoms. The van der Waals surface area contributed by atoms with Crippen LogP contribution in [-0.2, 0) is 4.43 Å². The van der Waals surface area contributed by atoms with Crippen LogP contribution < -0.4 is 0 Å². The third-order valence-corrected chi connectivity index (χ3v) is 9.73. The maximum absolute atomic E-state index is 6.60. The molecule has 1 aliphatic carbocycles. The van der Waals surface area contributed by atoms with Crippen molar-refractivity contribution < 1.29 is 4.43 Å². The summed E-state index contributed by atoms with van der Waals surface area (Å²) < 4.78 is 6.60. The second-order valence-electron chi connectivity index (χ2n) is 8.20. The van der Waals surface area contributed by atoms with E-state index in [0.29, 0.717) is 16.6 Å². The predicted molar refractivity (Wildman–Crippen MR) is 83.5 cm³/mol. The van der Waals surface area contributed by atoms with Gasteiger partial charge in [0.25, 0.3) is 0 Å². The fraction of sp³-hybridized carbons (Fsp3) is 0.875. The molecule has 0 aromatic heterocycles. The first-order valence-electron chi connectivity index (χ1n) is 7.21. The fourth-order valence-corrected chi connectivity index (χ4v) is 3.90. The molecule has 1 nitrogen and oxygen atoms in total. The zero-order chi connectivity index (χ0) is 14.4. The SMILES string of the molecule is CC1=C(C)C(C)(C)C[C@@H](O[Si](C)(C)C(C)(C)C)C1. The van der Waals surface area contributed by atoms with Crippen LogP contribution in [0.15, 0.2) is 11.1 Å². The summed E-state index contributed by atoms with van der Waals surface area (Å²) in [5.41, 5.74) is 3.41. The zero-order valence-corrected chi connectivity index (χ0v) is 14.9. The lowest BCUT2D eigenvalue weighted by Crippen LogP contribution is -2.45. The van der Waals surface area contributed by atoms with Crippen LogP contribution in [0.25, 0.3) is 0 Å². The van der Waals surface area contributed by atoms with Crippen molar-refractivity contribution in [3.05, 3.63) is 11.1 Å². The average Bonchev–Trinajstić information content (AvgIpc) is 2.10. The van der Waals surface area contributed by atoms with Gasteiger partial charge in [-0.2, -0.15) is 0 Å². The summed E-state index contributed by atoms with van der Waals surface area (Å²) in [6, 6.07) is 0. The van der Waals surface area contributed by atoms with Crippen LogP contribution in [0.5, 0.6) is 0 Å². The number of hydrogen-bond donors (Lipinski definition) is 0. The molecule has 1 rings (SSSR count). The van der Waals surface area contributed by atoms with Crippen LogP contribution >= 0.6 is 0 Å². The fourth-order valence-electron chi connectivity index (χ4n) is 2.54. The molecule has 0 unspecified atom stereocenters. The topological polar surface area (TPSA) is 9.23 Å². The van der Waals surface area contributed by atoms with Gasteiger partial charge in [0.15, 0.2) is 8.32 Å². The third-order valence-electron chi connectivity index (χ3n) is 5.19. The van der Waals surface area contributed by atoms with Gasteiger partial charge < -0.3 is 4.43 Å². The van der Waals surface area contributed by atoms with E-state index in [2.05, 4.69) is 61.6 Å². The van der Waals surface area contributed by atoms with E-state index in [4.69, 9.17) is 4.43 Å². The van der Waals surface area contributed by atoms with E-state index in [1.54, 1.807) is 5.57 Å². The quantitative estimate of drug-likeness (QED) is 0.472. The molecule has 0 amide bonds. The number of allylic oxidation sites excluding steroid dienone is 1. The van der Waals surface area contributed by atoms with Crippen molar-refractivity contribution in [2.75, 3.05) is 0 Å². The van der Waals surface area contributed by atoms with Crippen LogP contribution in [0.1, 0.15) is 61.3 Å². The molecular formula is C16H32OSi. The molecule has 1 aliphatic rings. The van der Waals surface area contributed by atoms with Crippen molar-refractivity contribution in [2.45, 2.75) is 85.5 Å². The molecule has 0 saturated carbocycles.